The molecule has 18 heavy (non-hydrogen) atoms. The molecular formula is C15H22FNO. The fraction of sp³-hybridized carbons (Fsp3) is 0.533. The van der Waals surface area contributed by atoms with Crippen LogP contribution in [0.3, 0.4) is 0 Å². The molecule has 3 heteroatoms. The summed E-state index contributed by atoms with van der Waals surface area (Å²) in [6, 6.07) is 6.14. The van der Waals surface area contributed by atoms with Crippen molar-refractivity contribution < 1.29 is 9.18 Å². The third kappa shape index (κ3) is 4.86. The lowest BCUT2D eigenvalue weighted by atomic mass is 10.0. The lowest BCUT2D eigenvalue weighted by Crippen LogP contribution is -2.33. The van der Waals surface area contributed by atoms with E-state index in [-0.39, 0.29) is 17.5 Å². The highest BCUT2D eigenvalue weighted by Crippen LogP contribution is 2.10. The largest absolute Gasteiger partial charge is 0.349 e. The van der Waals surface area contributed by atoms with Crippen molar-refractivity contribution >= 4 is 5.91 Å². The number of nitrogens with one attached hydrogen (secondary N) is 1. The second-order valence-corrected chi connectivity index (χ2v) is 5.18. The van der Waals surface area contributed by atoms with Crippen molar-refractivity contribution in [1.82, 2.24) is 5.32 Å². The third-order valence-electron chi connectivity index (χ3n) is 2.91. The molecule has 0 aromatic heterocycles. The minimum absolute atomic E-state index is 0.0795. The molecule has 0 unspecified atom stereocenters. The number of rotatable bonds is 6. The fourth-order valence-corrected chi connectivity index (χ4v) is 1.85. The van der Waals surface area contributed by atoms with Gasteiger partial charge in [-0.25, -0.2) is 4.39 Å². The van der Waals surface area contributed by atoms with Gasteiger partial charge in [-0.15, -0.1) is 0 Å². The standard InChI is InChI=1S/C15H22FNO/c1-11(2)7-6-8-12(3)17-15(18)13-9-4-5-10-14(13)16/h4-5,9-12H,6-8H2,1-3H3,(H,17,18)/t12-/m0/s1. The van der Waals surface area contributed by atoms with Crippen LogP contribution in [0.5, 0.6) is 0 Å². The smallest absolute Gasteiger partial charge is 0.254 e. The summed E-state index contributed by atoms with van der Waals surface area (Å²) in [4.78, 5) is 11.8. The highest BCUT2D eigenvalue weighted by molar-refractivity contribution is 5.94. The lowest BCUT2D eigenvalue weighted by molar-refractivity contribution is 0.0933. The van der Waals surface area contributed by atoms with E-state index >= 15 is 0 Å². The normalized spacial score (nSPS) is 12.5. The van der Waals surface area contributed by atoms with Gasteiger partial charge in [-0.1, -0.05) is 38.8 Å². The van der Waals surface area contributed by atoms with E-state index in [1.165, 1.54) is 12.1 Å². The van der Waals surface area contributed by atoms with Gasteiger partial charge >= 0.3 is 0 Å². The first-order valence-electron chi connectivity index (χ1n) is 6.56. The average Bonchev–Trinajstić information content (AvgIpc) is 2.28. The molecule has 0 saturated heterocycles. The summed E-state index contributed by atoms with van der Waals surface area (Å²) in [7, 11) is 0. The maximum atomic E-state index is 13.4. The monoisotopic (exact) mass is 251 g/mol. The quantitative estimate of drug-likeness (QED) is 0.819. The van der Waals surface area contributed by atoms with Crippen LogP contribution < -0.4 is 5.32 Å². The van der Waals surface area contributed by atoms with E-state index in [1.807, 2.05) is 6.92 Å². The molecule has 1 atom stereocenters. The summed E-state index contributed by atoms with van der Waals surface area (Å²) < 4.78 is 13.4. The van der Waals surface area contributed by atoms with Crippen LogP contribution in [0.4, 0.5) is 4.39 Å². The molecule has 100 valence electrons. The predicted octanol–water partition coefficient (Wildman–Crippen LogP) is 3.77. The Labute approximate surface area is 109 Å². The molecule has 0 saturated carbocycles. The molecule has 0 spiro atoms. The number of benzene rings is 1. The van der Waals surface area contributed by atoms with E-state index in [9.17, 15) is 9.18 Å². The van der Waals surface area contributed by atoms with Gasteiger partial charge in [0.05, 0.1) is 5.56 Å². The molecule has 1 rings (SSSR count). The number of carbonyl (C=O) groups is 1. The molecule has 1 aromatic rings. The summed E-state index contributed by atoms with van der Waals surface area (Å²) in [5, 5.41) is 2.83. The molecule has 1 N–H and O–H groups in total. The highest BCUT2D eigenvalue weighted by Gasteiger charge is 2.13. The first-order valence-corrected chi connectivity index (χ1v) is 6.56. The Bertz CT molecular complexity index is 390. The van der Waals surface area contributed by atoms with Crippen molar-refractivity contribution in [3.63, 3.8) is 0 Å². The van der Waals surface area contributed by atoms with Crippen LogP contribution in [-0.2, 0) is 0 Å². The van der Waals surface area contributed by atoms with E-state index < -0.39 is 5.82 Å². The van der Waals surface area contributed by atoms with Crippen LogP contribution in [0.15, 0.2) is 24.3 Å². The molecule has 1 aromatic carbocycles. The van der Waals surface area contributed by atoms with Crippen LogP contribution in [-0.4, -0.2) is 11.9 Å². The zero-order chi connectivity index (χ0) is 13.5. The van der Waals surface area contributed by atoms with Crippen LogP contribution >= 0.6 is 0 Å². The molecule has 0 radical (unpaired) electrons. The van der Waals surface area contributed by atoms with E-state index in [2.05, 4.69) is 19.2 Å². The molecule has 0 aliphatic rings. The predicted molar refractivity (Wildman–Crippen MR) is 72.0 cm³/mol. The first kappa shape index (κ1) is 14.7. The van der Waals surface area contributed by atoms with Gasteiger partial charge in [0.15, 0.2) is 0 Å². The SMILES string of the molecule is CC(C)CCC[C@H](C)NC(=O)c1ccccc1F. The molecule has 0 fully saturated rings. The Morgan fingerprint density at radius 1 is 1.22 bits per heavy atom. The molecule has 0 bridgehead atoms. The zero-order valence-corrected chi connectivity index (χ0v) is 11.4. The Morgan fingerprint density at radius 2 is 1.89 bits per heavy atom. The number of carbonyl (C=O) groups excluding carboxylic acids is 1. The van der Waals surface area contributed by atoms with Crippen LogP contribution in [0.25, 0.3) is 0 Å². The van der Waals surface area contributed by atoms with Gasteiger partial charge in [0, 0.05) is 6.04 Å². The molecule has 0 heterocycles. The Hall–Kier alpha value is -1.38. The van der Waals surface area contributed by atoms with Gasteiger partial charge in [0.1, 0.15) is 5.82 Å². The van der Waals surface area contributed by atoms with E-state index in [0.29, 0.717) is 5.92 Å². The van der Waals surface area contributed by atoms with Crippen LogP contribution in [0.2, 0.25) is 0 Å². The fourth-order valence-electron chi connectivity index (χ4n) is 1.85. The number of hydrogen-bond donors (Lipinski definition) is 1. The van der Waals surface area contributed by atoms with Crippen molar-refractivity contribution in [3.05, 3.63) is 35.6 Å². The Balaban J connectivity index is 2.43. The topological polar surface area (TPSA) is 29.1 Å². The van der Waals surface area contributed by atoms with Crippen LogP contribution in [0, 0.1) is 11.7 Å². The van der Waals surface area contributed by atoms with Gasteiger partial charge in [-0.3, -0.25) is 4.79 Å². The molecule has 0 aliphatic heterocycles. The summed E-state index contributed by atoms with van der Waals surface area (Å²) in [6.45, 7) is 6.32. The zero-order valence-electron chi connectivity index (χ0n) is 11.4. The van der Waals surface area contributed by atoms with Crippen molar-refractivity contribution in [2.45, 2.75) is 46.1 Å². The van der Waals surface area contributed by atoms with Crippen molar-refractivity contribution in [2.75, 3.05) is 0 Å². The van der Waals surface area contributed by atoms with Gasteiger partial charge in [0.2, 0.25) is 0 Å². The Morgan fingerprint density at radius 3 is 2.50 bits per heavy atom. The van der Waals surface area contributed by atoms with Crippen molar-refractivity contribution in [3.8, 4) is 0 Å². The maximum Gasteiger partial charge on any atom is 0.254 e. The lowest BCUT2D eigenvalue weighted by Gasteiger charge is -2.14. The second-order valence-electron chi connectivity index (χ2n) is 5.18. The number of amides is 1. The molecule has 1 amide bonds. The third-order valence-corrected chi connectivity index (χ3v) is 2.91. The molecule has 2 nitrogen and oxygen atoms in total. The summed E-state index contributed by atoms with van der Waals surface area (Å²) in [5.41, 5.74) is 0.119. The van der Waals surface area contributed by atoms with Crippen molar-refractivity contribution in [1.29, 1.82) is 0 Å². The van der Waals surface area contributed by atoms with Gasteiger partial charge in [0.25, 0.3) is 5.91 Å². The van der Waals surface area contributed by atoms with Gasteiger partial charge in [-0.05, 0) is 31.4 Å². The minimum atomic E-state index is -0.468. The van der Waals surface area contributed by atoms with Gasteiger partial charge in [-0.2, -0.15) is 0 Å². The second kappa shape index (κ2) is 7.14. The van der Waals surface area contributed by atoms with Crippen LogP contribution in [0.1, 0.15) is 50.4 Å². The summed E-state index contributed by atoms with van der Waals surface area (Å²) in [6.07, 6.45) is 3.16. The van der Waals surface area contributed by atoms with E-state index in [1.54, 1.807) is 12.1 Å². The minimum Gasteiger partial charge on any atom is -0.349 e. The first-order chi connectivity index (χ1) is 8.50. The van der Waals surface area contributed by atoms with Gasteiger partial charge < -0.3 is 5.32 Å². The maximum absolute atomic E-state index is 13.4. The highest BCUT2D eigenvalue weighted by atomic mass is 19.1. The number of hydrogen-bond acceptors (Lipinski definition) is 1. The molecule has 0 aliphatic carbocycles. The van der Waals surface area contributed by atoms with E-state index in [0.717, 1.165) is 19.3 Å². The Kier molecular flexibility index (Phi) is 5.83. The summed E-state index contributed by atoms with van der Waals surface area (Å²) >= 11 is 0. The molecular weight excluding hydrogens is 229 g/mol. The average molecular weight is 251 g/mol. The van der Waals surface area contributed by atoms with E-state index in [4.69, 9.17) is 0 Å². The van der Waals surface area contributed by atoms with Crippen molar-refractivity contribution in [2.24, 2.45) is 5.92 Å². The summed E-state index contributed by atoms with van der Waals surface area (Å²) in [5.74, 6) is -0.117. The number of halogens is 1.